The number of carbonyl (C=O) groups is 1. The summed E-state index contributed by atoms with van der Waals surface area (Å²) in [5, 5.41) is 11.6. The van der Waals surface area contributed by atoms with Crippen molar-refractivity contribution in [3.05, 3.63) is 41.1 Å². The van der Waals surface area contributed by atoms with Gasteiger partial charge in [0.2, 0.25) is 0 Å². The van der Waals surface area contributed by atoms with Crippen molar-refractivity contribution in [1.29, 1.82) is 0 Å². The Hall–Kier alpha value is -2.12. The summed E-state index contributed by atoms with van der Waals surface area (Å²) in [6, 6.07) is 5.76. The van der Waals surface area contributed by atoms with Gasteiger partial charge in [0, 0.05) is 60.7 Å². The van der Waals surface area contributed by atoms with Gasteiger partial charge in [0.1, 0.15) is 0 Å². The zero-order chi connectivity index (χ0) is 23.4. The summed E-state index contributed by atoms with van der Waals surface area (Å²) in [6.45, 7) is 5.29. The summed E-state index contributed by atoms with van der Waals surface area (Å²) in [5.74, 6) is -2.65. The summed E-state index contributed by atoms with van der Waals surface area (Å²) >= 11 is 0. The number of amides is 1. The van der Waals surface area contributed by atoms with Crippen LogP contribution in [0, 0.1) is 0 Å². The van der Waals surface area contributed by atoms with E-state index in [9.17, 15) is 18.7 Å². The minimum absolute atomic E-state index is 0.0478. The first-order valence-corrected chi connectivity index (χ1v) is 12.3. The van der Waals surface area contributed by atoms with Crippen LogP contribution in [0.1, 0.15) is 80.3 Å². The van der Waals surface area contributed by atoms with Crippen molar-refractivity contribution >= 4 is 16.8 Å². The van der Waals surface area contributed by atoms with E-state index in [1.807, 2.05) is 23.1 Å². The molecule has 1 saturated heterocycles. The van der Waals surface area contributed by atoms with Gasteiger partial charge in [-0.15, -0.1) is 0 Å². The number of hydrogen-bond acceptors (Lipinski definition) is 4. The molecule has 5 rings (SSSR count). The van der Waals surface area contributed by atoms with E-state index < -0.39 is 17.6 Å². The molecule has 0 bridgehead atoms. The zero-order valence-electron chi connectivity index (χ0n) is 19.5. The molecule has 0 radical (unpaired) electrons. The van der Waals surface area contributed by atoms with Crippen LogP contribution in [0.15, 0.2) is 24.4 Å². The maximum absolute atomic E-state index is 13.9. The SMILES string of the molecule is CCC(C)(c1cc2c(c3ncccc13)CN(C1CCCCC1O)C2=O)N1CCC(F)(F)CC1. The predicted octanol–water partition coefficient (Wildman–Crippen LogP) is 4.85. The minimum Gasteiger partial charge on any atom is -0.391 e. The standard InChI is InChI=1S/C26H33F2N3O2/c1-3-25(2,30-13-10-26(27,28)11-14-30)20-15-18-19(23-17(20)7-6-12-29-23)16-31(24(18)33)21-8-4-5-9-22(21)32/h6-7,12,15,21-22,32H,3-5,8-11,13-14,16H2,1-2H3. The van der Waals surface area contributed by atoms with E-state index in [2.05, 4.69) is 23.7 Å². The van der Waals surface area contributed by atoms with Gasteiger partial charge in [0.15, 0.2) is 0 Å². The van der Waals surface area contributed by atoms with Gasteiger partial charge in [0.25, 0.3) is 11.8 Å². The average molecular weight is 458 g/mol. The lowest BCUT2D eigenvalue weighted by molar-refractivity contribution is -0.0782. The van der Waals surface area contributed by atoms with Crippen molar-refractivity contribution in [3.8, 4) is 0 Å². The molecule has 5 nitrogen and oxygen atoms in total. The molecule has 1 aromatic heterocycles. The number of alkyl halides is 2. The number of carbonyl (C=O) groups excluding carboxylic acids is 1. The fourth-order valence-electron chi connectivity index (χ4n) is 6.13. The Kier molecular flexibility index (Phi) is 5.68. The summed E-state index contributed by atoms with van der Waals surface area (Å²) < 4.78 is 27.8. The van der Waals surface area contributed by atoms with Gasteiger partial charge in [-0.3, -0.25) is 14.7 Å². The number of likely N-dealkylation sites (tertiary alicyclic amines) is 1. The molecule has 0 spiro atoms. The number of aliphatic hydroxyl groups excluding tert-OH is 1. The molecule has 3 atom stereocenters. The second-order valence-electron chi connectivity index (χ2n) is 10.2. The number of halogens is 2. The van der Waals surface area contributed by atoms with Crippen LogP contribution >= 0.6 is 0 Å². The van der Waals surface area contributed by atoms with Crippen LogP contribution in [0.3, 0.4) is 0 Å². The van der Waals surface area contributed by atoms with Crippen molar-refractivity contribution < 1.29 is 18.7 Å². The van der Waals surface area contributed by atoms with E-state index in [-0.39, 0.29) is 24.8 Å². The van der Waals surface area contributed by atoms with E-state index in [0.29, 0.717) is 25.2 Å². The van der Waals surface area contributed by atoms with Gasteiger partial charge >= 0.3 is 0 Å². The number of rotatable bonds is 4. The van der Waals surface area contributed by atoms with Gasteiger partial charge in [-0.2, -0.15) is 0 Å². The molecule has 1 aliphatic carbocycles. The lowest BCUT2D eigenvalue weighted by atomic mass is 9.81. The van der Waals surface area contributed by atoms with E-state index in [1.165, 1.54) is 0 Å². The minimum atomic E-state index is -2.61. The highest BCUT2D eigenvalue weighted by molar-refractivity contribution is 6.04. The van der Waals surface area contributed by atoms with E-state index in [4.69, 9.17) is 0 Å². The molecule has 7 heteroatoms. The first-order valence-electron chi connectivity index (χ1n) is 12.3. The normalized spacial score (nSPS) is 27.5. The molecule has 1 amide bonds. The molecule has 1 N–H and O–H groups in total. The first kappa shape index (κ1) is 22.7. The molecule has 3 aliphatic rings. The topological polar surface area (TPSA) is 56.7 Å². The third-order valence-corrected chi connectivity index (χ3v) is 8.37. The van der Waals surface area contributed by atoms with Crippen LogP contribution in [-0.4, -0.2) is 57.0 Å². The Bertz CT molecular complexity index is 1060. The Labute approximate surface area is 193 Å². The fraction of sp³-hybridized carbons (Fsp3) is 0.615. The highest BCUT2D eigenvalue weighted by atomic mass is 19.3. The van der Waals surface area contributed by atoms with Gasteiger partial charge in [-0.1, -0.05) is 25.8 Å². The Balaban J connectivity index is 1.59. The third-order valence-electron chi connectivity index (χ3n) is 8.37. The van der Waals surface area contributed by atoms with Crippen LogP contribution in [0.5, 0.6) is 0 Å². The maximum atomic E-state index is 13.9. The Morgan fingerprint density at radius 1 is 1.24 bits per heavy atom. The number of aliphatic hydroxyl groups is 1. The molecular formula is C26H33F2N3O2. The van der Waals surface area contributed by atoms with Crippen molar-refractivity contribution in [3.63, 3.8) is 0 Å². The lowest BCUT2D eigenvalue weighted by Crippen LogP contribution is -2.50. The number of fused-ring (bicyclic) bond motifs is 3. The molecule has 178 valence electrons. The van der Waals surface area contributed by atoms with Crippen LogP contribution < -0.4 is 0 Å². The Morgan fingerprint density at radius 3 is 2.67 bits per heavy atom. The average Bonchev–Trinajstić information content (AvgIpc) is 3.14. The summed E-state index contributed by atoms with van der Waals surface area (Å²) in [5.41, 5.74) is 2.88. The molecule has 1 saturated carbocycles. The van der Waals surface area contributed by atoms with E-state index in [0.717, 1.165) is 54.1 Å². The van der Waals surface area contributed by atoms with Crippen molar-refractivity contribution in [2.45, 2.75) is 88.9 Å². The van der Waals surface area contributed by atoms with Gasteiger partial charge in [-0.25, -0.2) is 8.78 Å². The van der Waals surface area contributed by atoms with Crippen molar-refractivity contribution in [1.82, 2.24) is 14.8 Å². The van der Waals surface area contributed by atoms with E-state index >= 15 is 0 Å². The highest BCUT2D eigenvalue weighted by Gasteiger charge is 2.44. The van der Waals surface area contributed by atoms with Gasteiger partial charge in [0.05, 0.1) is 17.7 Å². The predicted molar refractivity (Wildman–Crippen MR) is 123 cm³/mol. The number of aromatic nitrogens is 1. The van der Waals surface area contributed by atoms with Gasteiger partial charge < -0.3 is 10.0 Å². The summed E-state index contributed by atoms with van der Waals surface area (Å²) in [6.07, 6.45) is 5.25. The smallest absolute Gasteiger partial charge is 0.254 e. The monoisotopic (exact) mass is 457 g/mol. The Morgan fingerprint density at radius 2 is 1.97 bits per heavy atom. The molecular weight excluding hydrogens is 424 g/mol. The third kappa shape index (κ3) is 3.73. The molecule has 2 aliphatic heterocycles. The van der Waals surface area contributed by atoms with Crippen molar-refractivity contribution in [2.75, 3.05) is 13.1 Å². The number of nitrogens with zero attached hydrogens (tertiary/aromatic N) is 3. The van der Waals surface area contributed by atoms with Crippen LogP contribution in [-0.2, 0) is 12.1 Å². The molecule has 1 aromatic carbocycles. The molecule has 2 fully saturated rings. The molecule has 2 aromatic rings. The number of benzene rings is 1. The zero-order valence-corrected chi connectivity index (χ0v) is 19.5. The largest absolute Gasteiger partial charge is 0.391 e. The quantitative estimate of drug-likeness (QED) is 0.713. The molecule has 3 unspecified atom stereocenters. The first-order chi connectivity index (χ1) is 15.7. The van der Waals surface area contributed by atoms with E-state index in [1.54, 1.807) is 6.20 Å². The summed E-state index contributed by atoms with van der Waals surface area (Å²) in [7, 11) is 0. The summed E-state index contributed by atoms with van der Waals surface area (Å²) in [4.78, 5) is 22.3. The molecule has 33 heavy (non-hydrogen) atoms. The second kappa shape index (κ2) is 8.27. The fourth-order valence-corrected chi connectivity index (χ4v) is 6.13. The molecule has 3 heterocycles. The number of pyridine rings is 1. The van der Waals surface area contributed by atoms with Crippen molar-refractivity contribution in [2.24, 2.45) is 0 Å². The number of piperidine rings is 1. The maximum Gasteiger partial charge on any atom is 0.254 e. The van der Waals surface area contributed by atoms with Gasteiger partial charge in [-0.05, 0) is 43.9 Å². The van der Waals surface area contributed by atoms with Crippen LogP contribution in [0.25, 0.3) is 10.9 Å². The highest BCUT2D eigenvalue weighted by Crippen LogP contribution is 2.43. The van der Waals surface area contributed by atoms with Crippen LogP contribution in [0.4, 0.5) is 8.78 Å². The number of hydrogen-bond donors (Lipinski definition) is 1. The second-order valence-corrected chi connectivity index (χ2v) is 10.2. The lowest BCUT2D eigenvalue weighted by Gasteiger charge is -2.45. The van der Waals surface area contributed by atoms with Crippen LogP contribution in [0.2, 0.25) is 0 Å².